The van der Waals surface area contributed by atoms with Crippen LogP contribution in [-0.2, 0) is 4.79 Å². The van der Waals surface area contributed by atoms with Crippen LogP contribution in [0.15, 0.2) is 45.7 Å². The zero-order valence-corrected chi connectivity index (χ0v) is 13.4. The summed E-state index contributed by atoms with van der Waals surface area (Å²) < 4.78 is 5.96. The third-order valence-corrected chi connectivity index (χ3v) is 4.47. The van der Waals surface area contributed by atoms with Gasteiger partial charge in [-0.3, -0.25) is 9.69 Å². The lowest BCUT2D eigenvalue weighted by molar-refractivity contribution is -0.113. The predicted octanol–water partition coefficient (Wildman–Crippen LogP) is 4.65. The molecule has 0 unspecified atom stereocenters. The largest absolute Gasteiger partial charge is 0.462 e. The van der Waals surface area contributed by atoms with E-state index in [1.54, 1.807) is 30.3 Å². The fraction of sp³-hybridized carbons (Fsp3) is 0.0667. The van der Waals surface area contributed by atoms with E-state index in [9.17, 15) is 4.79 Å². The number of carbonyl (C=O) groups excluding carboxylic acids is 1. The summed E-state index contributed by atoms with van der Waals surface area (Å²) in [6, 6.07) is 10.7. The van der Waals surface area contributed by atoms with Gasteiger partial charge in [-0.25, -0.2) is 0 Å². The molecule has 21 heavy (non-hydrogen) atoms. The van der Waals surface area contributed by atoms with Crippen molar-refractivity contribution in [2.75, 3.05) is 4.90 Å². The van der Waals surface area contributed by atoms with Gasteiger partial charge in [-0.15, -0.1) is 0 Å². The van der Waals surface area contributed by atoms with Gasteiger partial charge in [-0.1, -0.05) is 35.6 Å². The lowest BCUT2D eigenvalue weighted by atomic mass is 10.3. The summed E-state index contributed by atoms with van der Waals surface area (Å²) in [5, 5.41) is 0.616. The Hall–Kier alpha value is -1.56. The maximum atomic E-state index is 12.5. The normalized spacial score (nSPS) is 17.0. The number of hydrogen-bond acceptors (Lipinski definition) is 4. The average Bonchev–Trinajstić information content (AvgIpc) is 2.96. The fourth-order valence-corrected chi connectivity index (χ4v) is 3.35. The first-order chi connectivity index (χ1) is 10.0. The molecular formula is C15H10ClNO2S2. The molecular weight excluding hydrogens is 326 g/mol. The van der Waals surface area contributed by atoms with E-state index in [1.807, 2.05) is 19.1 Å². The van der Waals surface area contributed by atoms with Crippen LogP contribution in [0, 0.1) is 6.92 Å². The SMILES string of the molecule is Cc1ccc(C=C2SC(=S)N(c3ccc(Cl)cc3)C2=O)o1. The quantitative estimate of drug-likeness (QED) is 0.591. The van der Waals surface area contributed by atoms with Crippen LogP contribution in [-0.4, -0.2) is 10.2 Å². The van der Waals surface area contributed by atoms with Crippen LogP contribution >= 0.6 is 35.6 Å². The Morgan fingerprint density at radius 2 is 1.95 bits per heavy atom. The molecule has 2 heterocycles. The molecule has 1 saturated heterocycles. The van der Waals surface area contributed by atoms with Gasteiger partial charge in [-0.05, 0) is 43.3 Å². The third-order valence-electron chi connectivity index (χ3n) is 2.91. The van der Waals surface area contributed by atoms with Gasteiger partial charge < -0.3 is 4.42 Å². The van der Waals surface area contributed by atoms with Gasteiger partial charge in [0.15, 0.2) is 4.32 Å². The zero-order valence-electron chi connectivity index (χ0n) is 11.0. The molecule has 1 aromatic heterocycles. The molecule has 2 aromatic rings. The van der Waals surface area contributed by atoms with Crippen LogP contribution in [0.4, 0.5) is 5.69 Å². The van der Waals surface area contributed by atoms with Gasteiger partial charge in [0, 0.05) is 11.1 Å². The lowest BCUT2D eigenvalue weighted by Gasteiger charge is -2.14. The number of carbonyl (C=O) groups is 1. The number of nitrogens with zero attached hydrogens (tertiary/aromatic N) is 1. The van der Waals surface area contributed by atoms with E-state index in [-0.39, 0.29) is 5.91 Å². The smallest absolute Gasteiger partial charge is 0.270 e. The van der Waals surface area contributed by atoms with Crippen molar-refractivity contribution in [3.05, 3.63) is 57.8 Å². The first-order valence-electron chi connectivity index (χ1n) is 6.14. The Morgan fingerprint density at radius 1 is 1.24 bits per heavy atom. The molecule has 1 fully saturated rings. The Morgan fingerprint density at radius 3 is 2.57 bits per heavy atom. The highest BCUT2D eigenvalue weighted by molar-refractivity contribution is 8.27. The van der Waals surface area contributed by atoms with Gasteiger partial charge in [0.2, 0.25) is 0 Å². The second kappa shape index (κ2) is 5.67. The third kappa shape index (κ3) is 2.90. The fourth-order valence-electron chi connectivity index (χ4n) is 1.94. The number of anilines is 1. The molecule has 0 spiro atoms. The minimum absolute atomic E-state index is 0.152. The second-order valence-electron chi connectivity index (χ2n) is 4.44. The van der Waals surface area contributed by atoms with Crippen molar-refractivity contribution in [3.8, 4) is 0 Å². The molecule has 3 nitrogen and oxygen atoms in total. The number of thioether (sulfide) groups is 1. The van der Waals surface area contributed by atoms with Gasteiger partial charge in [0.25, 0.3) is 5.91 Å². The van der Waals surface area contributed by atoms with Gasteiger partial charge >= 0.3 is 0 Å². The highest BCUT2D eigenvalue weighted by Gasteiger charge is 2.33. The summed E-state index contributed by atoms with van der Waals surface area (Å²) in [4.78, 5) is 14.5. The highest BCUT2D eigenvalue weighted by atomic mass is 35.5. The number of rotatable bonds is 2. The standard InChI is InChI=1S/C15H10ClNO2S2/c1-9-2-7-12(19-9)8-13-14(18)17(15(20)21-13)11-5-3-10(16)4-6-11/h2-8H,1H3. The first-order valence-corrected chi connectivity index (χ1v) is 7.75. The molecule has 3 rings (SSSR count). The summed E-state index contributed by atoms with van der Waals surface area (Å²) in [6.07, 6.45) is 1.71. The molecule has 1 aliphatic heterocycles. The summed E-state index contributed by atoms with van der Waals surface area (Å²) in [5.74, 6) is 1.29. The van der Waals surface area contributed by atoms with E-state index in [4.69, 9.17) is 28.2 Å². The van der Waals surface area contributed by atoms with Crippen molar-refractivity contribution in [2.24, 2.45) is 0 Å². The Balaban J connectivity index is 1.92. The van der Waals surface area contributed by atoms with Crippen LogP contribution in [0.2, 0.25) is 5.02 Å². The molecule has 0 bridgehead atoms. The molecule has 1 aliphatic rings. The maximum Gasteiger partial charge on any atom is 0.270 e. The maximum absolute atomic E-state index is 12.5. The van der Waals surface area contributed by atoms with E-state index in [0.717, 1.165) is 5.76 Å². The predicted molar refractivity (Wildman–Crippen MR) is 90.5 cm³/mol. The number of halogens is 1. The molecule has 1 amide bonds. The van der Waals surface area contributed by atoms with E-state index in [2.05, 4.69) is 0 Å². The topological polar surface area (TPSA) is 33.5 Å². The van der Waals surface area contributed by atoms with Crippen molar-refractivity contribution >= 4 is 57.6 Å². The van der Waals surface area contributed by atoms with Gasteiger partial charge in [0.1, 0.15) is 11.5 Å². The first kappa shape index (κ1) is 14.4. The number of aryl methyl sites for hydroxylation is 1. The average molecular weight is 336 g/mol. The van der Waals surface area contributed by atoms with Crippen LogP contribution < -0.4 is 4.90 Å². The van der Waals surface area contributed by atoms with Crippen molar-refractivity contribution < 1.29 is 9.21 Å². The molecule has 106 valence electrons. The Bertz CT molecular complexity index is 749. The molecule has 0 atom stereocenters. The summed E-state index contributed by atoms with van der Waals surface area (Å²) in [6.45, 7) is 1.86. The van der Waals surface area contributed by atoms with Crippen molar-refractivity contribution in [1.29, 1.82) is 0 Å². The second-order valence-corrected chi connectivity index (χ2v) is 6.55. The molecule has 0 aliphatic carbocycles. The summed E-state index contributed by atoms with van der Waals surface area (Å²) in [5.41, 5.74) is 0.709. The summed E-state index contributed by atoms with van der Waals surface area (Å²) >= 11 is 12.4. The van der Waals surface area contributed by atoms with Gasteiger partial charge in [-0.2, -0.15) is 0 Å². The van der Waals surface area contributed by atoms with E-state index in [0.29, 0.717) is 25.7 Å². The molecule has 6 heteroatoms. The minimum atomic E-state index is -0.152. The molecule has 0 saturated carbocycles. The highest BCUT2D eigenvalue weighted by Crippen LogP contribution is 2.36. The van der Waals surface area contributed by atoms with Crippen LogP contribution in [0.5, 0.6) is 0 Å². The number of thiocarbonyl (C=S) groups is 1. The lowest BCUT2D eigenvalue weighted by Crippen LogP contribution is -2.27. The number of amides is 1. The van der Waals surface area contributed by atoms with E-state index in [1.165, 1.54) is 16.7 Å². The Labute approximate surface area is 136 Å². The molecule has 0 radical (unpaired) electrons. The summed E-state index contributed by atoms with van der Waals surface area (Å²) in [7, 11) is 0. The van der Waals surface area contributed by atoms with Crippen LogP contribution in [0.25, 0.3) is 6.08 Å². The van der Waals surface area contributed by atoms with Gasteiger partial charge in [0.05, 0.1) is 10.6 Å². The number of furan rings is 1. The molecule has 1 aromatic carbocycles. The van der Waals surface area contributed by atoms with Crippen molar-refractivity contribution in [3.63, 3.8) is 0 Å². The van der Waals surface area contributed by atoms with E-state index >= 15 is 0 Å². The number of benzene rings is 1. The van der Waals surface area contributed by atoms with Crippen LogP contribution in [0.3, 0.4) is 0 Å². The van der Waals surface area contributed by atoms with E-state index < -0.39 is 0 Å². The van der Waals surface area contributed by atoms with Crippen molar-refractivity contribution in [2.45, 2.75) is 6.92 Å². The van der Waals surface area contributed by atoms with Crippen molar-refractivity contribution in [1.82, 2.24) is 0 Å². The monoisotopic (exact) mass is 335 g/mol. The Kier molecular flexibility index (Phi) is 3.89. The zero-order chi connectivity index (χ0) is 15.0. The molecule has 0 N–H and O–H groups in total. The van der Waals surface area contributed by atoms with Crippen LogP contribution in [0.1, 0.15) is 11.5 Å². The number of hydrogen-bond donors (Lipinski definition) is 0. The minimum Gasteiger partial charge on any atom is -0.462 e.